The first kappa shape index (κ1) is 16.4. The van der Waals surface area contributed by atoms with Crippen LogP contribution in [-0.4, -0.2) is 46.8 Å². The highest BCUT2D eigenvalue weighted by molar-refractivity contribution is 5.14. The summed E-state index contributed by atoms with van der Waals surface area (Å²) in [6, 6.07) is 9.02. The highest BCUT2D eigenvalue weighted by Crippen LogP contribution is 2.40. The van der Waals surface area contributed by atoms with E-state index in [9.17, 15) is 4.39 Å². The first-order chi connectivity index (χ1) is 12.1. The van der Waals surface area contributed by atoms with Crippen molar-refractivity contribution in [3.8, 4) is 5.88 Å². The van der Waals surface area contributed by atoms with Gasteiger partial charge in [-0.2, -0.15) is 0 Å². The van der Waals surface area contributed by atoms with Gasteiger partial charge in [-0.3, -0.25) is 9.88 Å². The van der Waals surface area contributed by atoms with Crippen molar-refractivity contribution >= 4 is 0 Å². The topological polar surface area (TPSA) is 47.5 Å². The van der Waals surface area contributed by atoms with Crippen LogP contribution in [0.5, 0.6) is 5.88 Å². The molecule has 132 valence electrons. The van der Waals surface area contributed by atoms with Gasteiger partial charge in [-0.1, -0.05) is 6.07 Å². The maximum atomic E-state index is 13.7. The molecule has 0 saturated carbocycles. The Balaban J connectivity index is 1.34. The molecule has 25 heavy (non-hydrogen) atoms. The normalized spacial score (nSPS) is 22.1. The fourth-order valence-corrected chi connectivity index (χ4v) is 3.77. The molecule has 0 amide bonds. The molecule has 0 radical (unpaired) electrons. The Morgan fingerprint density at radius 3 is 3.00 bits per heavy atom. The Hall–Kier alpha value is -2.05. The zero-order valence-corrected chi connectivity index (χ0v) is 14.3. The van der Waals surface area contributed by atoms with Crippen molar-refractivity contribution in [2.24, 2.45) is 5.92 Å². The van der Waals surface area contributed by atoms with E-state index in [1.54, 1.807) is 12.3 Å². The van der Waals surface area contributed by atoms with Crippen molar-refractivity contribution in [1.82, 2.24) is 14.9 Å². The number of nitrogens with zero attached hydrogens (tertiary/aromatic N) is 3. The van der Waals surface area contributed by atoms with E-state index < -0.39 is 5.82 Å². The summed E-state index contributed by atoms with van der Waals surface area (Å²) in [5.74, 6) is -0.0865. The summed E-state index contributed by atoms with van der Waals surface area (Å²) in [6.07, 6.45) is 2.48. The maximum Gasteiger partial charge on any atom is 0.250 e. The molecular weight excluding hydrogens is 321 g/mol. The van der Waals surface area contributed by atoms with Crippen molar-refractivity contribution < 1.29 is 13.9 Å². The standard InChI is InChI=1S/C19H22FN3O2/c1-14-4-2-5-16(22-14)10-23-12-19(13-23)15(7-9-25-19)11-24-18-17(20)6-3-8-21-18/h2-6,8,15H,7,9-13H2,1H3. The zero-order chi connectivity index (χ0) is 17.3. The minimum absolute atomic E-state index is 0.0738. The van der Waals surface area contributed by atoms with Gasteiger partial charge >= 0.3 is 0 Å². The number of aryl methyl sites for hydroxylation is 1. The van der Waals surface area contributed by atoms with Crippen molar-refractivity contribution in [3.05, 3.63) is 53.7 Å². The molecule has 6 heteroatoms. The van der Waals surface area contributed by atoms with Gasteiger partial charge in [-0.05, 0) is 37.6 Å². The predicted molar refractivity (Wildman–Crippen MR) is 90.7 cm³/mol. The third kappa shape index (κ3) is 3.37. The summed E-state index contributed by atoms with van der Waals surface area (Å²) in [5, 5.41) is 0. The number of rotatable bonds is 5. The van der Waals surface area contributed by atoms with Crippen molar-refractivity contribution in [2.45, 2.75) is 25.5 Å². The Kier molecular flexibility index (Phi) is 4.39. The van der Waals surface area contributed by atoms with Crippen LogP contribution in [0, 0.1) is 18.7 Å². The summed E-state index contributed by atoms with van der Waals surface area (Å²) in [5.41, 5.74) is 1.94. The number of halogens is 1. The van der Waals surface area contributed by atoms with Gasteiger partial charge in [0.2, 0.25) is 5.88 Å². The first-order valence-electron chi connectivity index (χ1n) is 8.67. The fraction of sp³-hybridized carbons (Fsp3) is 0.474. The van der Waals surface area contributed by atoms with Gasteiger partial charge in [0.25, 0.3) is 0 Å². The van der Waals surface area contributed by atoms with E-state index in [2.05, 4.69) is 20.9 Å². The lowest BCUT2D eigenvalue weighted by Crippen LogP contribution is -2.64. The number of likely N-dealkylation sites (tertiary alicyclic amines) is 1. The van der Waals surface area contributed by atoms with Crippen LogP contribution in [0.1, 0.15) is 17.8 Å². The van der Waals surface area contributed by atoms with Crippen LogP contribution in [-0.2, 0) is 11.3 Å². The third-order valence-electron chi connectivity index (χ3n) is 5.06. The van der Waals surface area contributed by atoms with Crippen LogP contribution < -0.4 is 4.74 Å². The van der Waals surface area contributed by atoms with E-state index in [-0.39, 0.29) is 17.4 Å². The Morgan fingerprint density at radius 1 is 1.32 bits per heavy atom. The van der Waals surface area contributed by atoms with E-state index in [0.29, 0.717) is 6.61 Å². The molecule has 5 nitrogen and oxygen atoms in total. The average Bonchev–Trinajstić information content (AvgIpc) is 2.98. The van der Waals surface area contributed by atoms with E-state index in [4.69, 9.17) is 9.47 Å². The lowest BCUT2D eigenvalue weighted by atomic mass is 9.81. The number of hydrogen-bond acceptors (Lipinski definition) is 5. The Bertz CT molecular complexity index is 749. The molecule has 2 aliphatic heterocycles. The van der Waals surface area contributed by atoms with Crippen LogP contribution in [0.4, 0.5) is 4.39 Å². The van der Waals surface area contributed by atoms with E-state index >= 15 is 0 Å². The Labute approximate surface area is 146 Å². The van der Waals surface area contributed by atoms with Crippen molar-refractivity contribution in [3.63, 3.8) is 0 Å². The highest BCUT2D eigenvalue weighted by Gasteiger charge is 2.53. The van der Waals surface area contributed by atoms with Gasteiger partial charge in [0.05, 0.1) is 17.9 Å². The maximum absolute atomic E-state index is 13.7. The van der Waals surface area contributed by atoms with Gasteiger partial charge in [0, 0.05) is 44.0 Å². The van der Waals surface area contributed by atoms with Crippen LogP contribution in [0.25, 0.3) is 0 Å². The average molecular weight is 343 g/mol. The molecule has 2 aliphatic rings. The van der Waals surface area contributed by atoms with Crippen LogP contribution >= 0.6 is 0 Å². The minimum atomic E-state index is -0.420. The van der Waals surface area contributed by atoms with Gasteiger partial charge < -0.3 is 9.47 Å². The molecule has 1 spiro atoms. The lowest BCUT2D eigenvalue weighted by molar-refractivity contribution is -0.141. The predicted octanol–water partition coefficient (Wildman–Crippen LogP) is 2.59. The molecular formula is C19H22FN3O2. The summed E-state index contributed by atoms with van der Waals surface area (Å²) >= 11 is 0. The van der Waals surface area contributed by atoms with Gasteiger partial charge in [0.15, 0.2) is 5.82 Å². The van der Waals surface area contributed by atoms with Gasteiger partial charge in [0.1, 0.15) is 0 Å². The molecule has 2 fully saturated rings. The van der Waals surface area contributed by atoms with Crippen molar-refractivity contribution in [2.75, 3.05) is 26.3 Å². The van der Waals surface area contributed by atoms with Crippen LogP contribution in [0.15, 0.2) is 36.5 Å². The molecule has 2 aromatic rings. The van der Waals surface area contributed by atoms with Gasteiger partial charge in [-0.25, -0.2) is 9.37 Å². The molecule has 0 aromatic carbocycles. The molecule has 1 atom stereocenters. The fourth-order valence-electron chi connectivity index (χ4n) is 3.77. The minimum Gasteiger partial charge on any atom is -0.475 e. The van der Waals surface area contributed by atoms with E-state index in [0.717, 1.165) is 44.0 Å². The summed E-state index contributed by atoms with van der Waals surface area (Å²) in [6.45, 7) is 5.73. The second kappa shape index (κ2) is 6.69. The molecule has 4 heterocycles. The quantitative estimate of drug-likeness (QED) is 0.835. The van der Waals surface area contributed by atoms with Crippen LogP contribution in [0.3, 0.4) is 0 Å². The number of ether oxygens (including phenoxy) is 2. The monoisotopic (exact) mass is 343 g/mol. The molecule has 2 saturated heterocycles. The molecule has 0 aliphatic carbocycles. The first-order valence-corrected chi connectivity index (χ1v) is 8.67. The third-order valence-corrected chi connectivity index (χ3v) is 5.06. The van der Waals surface area contributed by atoms with E-state index in [1.165, 1.54) is 6.07 Å². The summed E-state index contributed by atoms with van der Waals surface area (Å²) in [4.78, 5) is 10.8. The molecule has 2 aromatic heterocycles. The Morgan fingerprint density at radius 2 is 2.20 bits per heavy atom. The molecule has 1 unspecified atom stereocenters. The molecule has 0 bridgehead atoms. The van der Waals surface area contributed by atoms with Crippen LogP contribution in [0.2, 0.25) is 0 Å². The number of hydrogen-bond donors (Lipinski definition) is 0. The number of aromatic nitrogens is 2. The summed E-state index contributed by atoms with van der Waals surface area (Å²) in [7, 11) is 0. The second-order valence-corrected chi connectivity index (χ2v) is 6.92. The molecule has 0 N–H and O–H groups in total. The van der Waals surface area contributed by atoms with Gasteiger partial charge in [-0.15, -0.1) is 0 Å². The SMILES string of the molecule is Cc1cccc(CN2CC3(C2)OCCC3COc2ncccc2F)n1. The highest BCUT2D eigenvalue weighted by atomic mass is 19.1. The summed E-state index contributed by atoms with van der Waals surface area (Å²) < 4.78 is 25.3. The smallest absolute Gasteiger partial charge is 0.250 e. The zero-order valence-electron chi connectivity index (χ0n) is 14.3. The van der Waals surface area contributed by atoms with Crippen molar-refractivity contribution in [1.29, 1.82) is 0 Å². The second-order valence-electron chi connectivity index (χ2n) is 6.92. The molecule has 4 rings (SSSR count). The number of pyridine rings is 2. The largest absolute Gasteiger partial charge is 0.475 e. The van der Waals surface area contributed by atoms with E-state index in [1.807, 2.05) is 19.1 Å². The lowest BCUT2D eigenvalue weighted by Gasteiger charge is -2.50.